The summed E-state index contributed by atoms with van der Waals surface area (Å²) in [5.41, 5.74) is 1.00. The number of hydrogen-bond donors (Lipinski definition) is 0. The van der Waals surface area contributed by atoms with E-state index in [1.165, 1.54) is 12.1 Å². The van der Waals surface area contributed by atoms with Crippen LogP contribution in [0.5, 0.6) is 0 Å². The highest BCUT2D eigenvalue weighted by atomic mass is 32.2. The van der Waals surface area contributed by atoms with Crippen molar-refractivity contribution in [3.8, 4) is 0 Å². The third kappa shape index (κ3) is 3.16. The molecule has 2 heterocycles. The molecular weight excluding hydrogens is 316 g/mol. The van der Waals surface area contributed by atoms with E-state index in [-0.39, 0.29) is 15.7 Å². The molecule has 1 aromatic carbocycles. The average molecular weight is 334 g/mol. The van der Waals surface area contributed by atoms with E-state index in [2.05, 4.69) is 16.8 Å². The number of carbonyl (C=O) groups is 1. The second-order valence-corrected chi connectivity index (χ2v) is 7.44. The summed E-state index contributed by atoms with van der Waals surface area (Å²) >= 11 is 0. The maximum absolute atomic E-state index is 12.5. The largest absolute Gasteiger partial charge is 0.442 e. The molecule has 0 atom stereocenters. The topological polar surface area (TPSA) is 70.8 Å². The summed E-state index contributed by atoms with van der Waals surface area (Å²) in [5.74, 6) is -0.00219. The molecule has 0 aliphatic carbocycles. The van der Waals surface area contributed by atoms with Crippen molar-refractivity contribution in [2.75, 3.05) is 38.1 Å². The lowest BCUT2D eigenvalue weighted by molar-refractivity contribution is 0.109. The van der Waals surface area contributed by atoms with Crippen LogP contribution >= 0.6 is 0 Å². The Balaban J connectivity index is 1.82. The molecule has 0 bridgehead atoms. The number of carbonyl (C=O) groups excluding carboxylic acids is 1. The van der Waals surface area contributed by atoms with Crippen LogP contribution in [-0.4, -0.2) is 52.8 Å². The molecule has 1 aromatic heterocycles. The molecule has 6 nitrogen and oxygen atoms in total. The van der Waals surface area contributed by atoms with Crippen LogP contribution in [0.2, 0.25) is 0 Å². The van der Waals surface area contributed by atoms with Crippen LogP contribution in [0.4, 0.5) is 5.69 Å². The number of likely N-dealkylation sites (N-methyl/N-ethyl adjacent to an activating group) is 1. The fourth-order valence-electron chi connectivity index (χ4n) is 2.56. The summed E-state index contributed by atoms with van der Waals surface area (Å²) < 4.78 is 30.0. The Hall–Kier alpha value is -2.12. The highest BCUT2D eigenvalue weighted by Crippen LogP contribution is 2.25. The number of rotatable bonds is 4. The van der Waals surface area contributed by atoms with Crippen molar-refractivity contribution in [3.05, 3.63) is 42.2 Å². The molecule has 3 rings (SSSR count). The highest BCUT2D eigenvalue weighted by molar-refractivity contribution is 7.91. The molecule has 122 valence electrons. The number of aldehydes is 1. The lowest BCUT2D eigenvalue weighted by Crippen LogP contribution is -2.44. The van der Waals surface area contributed by atoms with Gasteiger partial charge in [0.1, 0.15) is 0 Å². The third-order valence-electron chi connectivity index (χ3n) is 4.00. The first-order valence-electron chi connectivity index (χ1n) is 7.34. The van der Waals surface area contributed by atoms with Gasteiger partial charge in [-0.15, -0.1) is 0 Å². The van der Waals surface area contributed by atoms with Crippen molar-refractivity contribution in [1.82, 2.24) is 4.90 Å². The van der Waals surface area contributed by atoms with E-state index in [1.807, 2.05) is 12.1 Å². The van der Waals surface area contributed by atoms with Gasteiger partial charge in [0.2, 0.25) is 14.9 Å². The molecule has 2 aromatic rings. The number of piperazine rings is 1. The minimum Gasteiger partial charge on any atom is -0.442 e. The molecule has 0 amide bonds. The fourth-order valence-corrected chi connectivity index (χ4v) is 3.74. The van der Waals surface area contributed by atoms with Crippen LogP contribution in [0.25, 0.3) is 0 Å². The molecule has 0 spiro atoms. The van der Waals surface area contributed by atoms with Crippen molar-refractivity contribution in [2.24, 2.45) is 0 Å². The van der Waals surface area contributed by atoms with Crippen molar-refractivity contribution >= 4 is 21.8 Å². The molecule has 0 unspecified atom stereocenters. The summed E-state index contributed by atoms with van der Waals surface area (Å²) in [7, 11) is -1.65. The zero-order valence-electron chi connectivity index (χ0n) is 12.8. The summed E-state index contributed by atoms with van der Waals surface area (Å²) in [4.78, 5) is 15.3. The SMILES string of the molecule is CN1CCN(c2ccc(S(=O)(=O)c3ccc(C=O)o3)cc2)CC1. The lowest BCUT2D eigenvalue weighted by Gasteiger charge is -2.34. The van der Waals surface area contributed by atoms with E-state index in [1.54, 1.807) is 12.1 Å². The first-order chi connectivity index (χ1) is 11.0. The molecule has 1 saturated heterocycles. The zero-order chi connectivity index (χ0) is 16.4. The third-order valence-corrected chi connectivity index (χ3v) is 5.64. The Morgan fingerprint density at radius 2 is 1.65 bits per heavy atom. The number of hydrogen-bond acceptors (Lipinski definition) is 6. The molecule has 0 saturated carbocycles. The predicted octanol–water partition coefficient (Wildman–Crippen LogP) is 1.68. The molecule has 1 aliphatic heterocycles. The predicted molar refractivity (Wildman–Crippen MR) is 85.7 cm³/mol. The van der Waals surface area contributed by atoms with Gasteiger partial charge < -0.3 is 14.2 Å². The molecular formula is C16H18N2O4S. The van der Waals surface area contributed by atoms with Gasteiger partial charge in [0, 0.05) is 31.9 Å². The van der Waals surface area contributed by atoms with Crippen LogP contribution in [0.1, 0.15) is 10.6 Å². The van der Waals surface area contributed by atoms with Gasteiger partial charge in [-0.3, -0.25) is 4.79 Å². The van der Waals surface area contributed by atoms with Crippen LogP contribution in [0.3, 0.4) is 0 Å². The van der Waals surface area contributed by atoms with Gasteiger partial charge in [0.05, 0.1) is 4.90 Å². The van der Waals surface area contributed by atoms with Gasteiger partial charge in [0.15, 0.2) is 12.0 Å². The summed E-state index contributed by atoms with van der Waals surface area (Å²) in [6, 6.07) is 9.41. The van der Waals surface area contributed by atoms with Crippen molar-refractivity contribution < 1.29 is 17.6 Å². The van der Waals surface area contributed by atoms with E-state index in [9.17, 15) is 13.2 Å². The van der Waals surface area contributed by atoms with Crippen LogP contribution in [0.15, 0.2) is 50.8 Å². The lowest BCUT2D eigenvalue weighted by atomic mass is 10.2. The first-order valence-corrected chi connectivity index (χ1v) is 8.83. The van der Waals surface area contributed by atoms with E-state index < -0.39 is 9.84 Å². The zero-order valence-corrected chi connectivity index (χ0v) is 13.6. The normalized spacial score (nSPS) is 16.5. The Bertz CT molecular complexity index is 788. The minimum atomic E-state index is -3.74. The average Bonchev–Trinajstić information content (AvgIpc) is 3.06. The van der Waals surface area contributed by atoms with E-state index >= 15 is 0 Å². The summed E-state index contributed by atoms with van der Waals surface area (Å²) in [6.45, 7) is 3.81. The Morgan fingerprint density at radius 3 is 2.22 bits per heavy atom. The van der Waals surface area contributed by atoms with Gasteiger partial charge in [-0.05, 0) is 43.4 Å². The Kier molecular flexibility index (Phi) is 4.23. The molecule has 23 heavy (non-hydrogen) atoms. The van der Waals surface area contributed by atoms with E-state index in [0.717, 1.165) is 31.9 Å². The van der Waals surface area contributed by atoms with Crippen molar-refractivity contribution in [2.45, 2.75) is 9.99 Å². The molecule has 1 fully saturated rings. The summed E-state index contributed by atoms with van der Waals surface area (Å²) in [6.07, 6.45) is 0.482. The molecule has 0 N–H and O–H groups in total. The van der Waals surface area contributed by atoms with Gasteiger partial charge in [-0.2, -0.15) is 0 Å². The number of nitrogens with zero attached hydrogens (tertiary/aromatic N) is 2. The minimum absolute atomic E-state index is 0.00219. The van der Waals surface area contributed by atoms with Gasteiger partial charge in [-0.1, -0.05) is 0 Å². The van der Waals surface area contributed by atoms with Crippen LogP contribution < -0.4 is 4.90 Å². The first kappa shape index (κ1) is 15.8. The Morgan fingerprint density at radius 1 is 1.00 bits per heavy atom. The van der Waals surface area contributed by atoms with Gasteiger partial charge >= 0.3 is 0 Å². The summed E-state index contributed by atoms with van der Waals surface area (Å²) in [5, 5.41) is -0.216. The Labute approximate surface area is 135 Å². The molecule has 1 aliphatic rings. The quantitative estimate of drug-likeness (QED) is 0.792. The van der Waals surface area contributed by atoms with Crippen LogP contribution in [0, 0.1) is 0 Å². The number of sulfone groups is 1. The fraction of sp³-hybridized carbons (Fsp3) is 0.312. The molecule has 7 heteroatoms. The maximum Gasteiger partial charge on any atom is 0.239 e. The smallest absolute Gasteiger partial charge is 0.239 e. The second kappa shape index (κ2) is 6.17. The van der Waals surface area contributed by atoms with Gasteiger partial charge in [-0.25, -0.2) is 8.42 Å². The number of furan rings is 1. The van der Waals surface area contributed by atoms with Gasteiger partial charge in [0.25, 0.3) is 0 Å². The van der Waals surface area contributed by atoms with E-state index in [0.29, 0.717) is 6.29 Å². The molecule has 0 radical (unpaired) electrons. The number of anilines is 1. The number of benzene rings is 1. The maximum atomic E-state index is 12.5. The van der Waals surface area contributed by atoms with Crippen molar-refractivity contribution in [3.63, 3.8) is 0 Å². The van der Waals surface area contributed by atoms with E-state index in [4.69, 9.17) is 4.42 Å². The van der Waals surface area contributed by atoms with Crippen LogP contribution in [-0.2, 0) is 9.84 Å². The highest BCUT2D eigenvalue weighted by Gasteiger charge is 2.22. The van der Waals surface area contributed by atoms with Crippen molar-refractivity contribution in [1.29, 1.82) is 0 Å². The second-order valence-electron chi connectivity index (χ2n) is 5.56. The standard InChI is InChI=1S/C16H18N2O4S/c1-17-8-10-18(11-9-17)13-2-5-15(6-3-13)23(20,21)16-7-4-14(12-19)22-16/h2-7,12H,8-11H2,1H3. The monoisotopic (exact) mass is 334 g/mol.